The van der Waals surface area contributed by atoms with E-state index < -0.39 is 0 Å². The largest absolute Gasteiger partial charge is 0.366 e. The molecule has 0 amide bonds. The molecule has 2 aliphatic heterocycles. The molecule has 1 aromatic carbocycles. The van der Waals surface area contributed by atoms with Gasteiger partial charge in [0.05, 0.1) is 6.17 Å². The quantitative estimate of drug-likeness (QED) is 0.835. The van der Waals surface area contributed by atoms with Crippen molar-refractivity contribution in [2.24, 2.45) is 5.73 Å². The van der Waals surface area contributed by atoms with Gasteiger partial charge in [0, 0.05) is 24.8 Å². The second-order valence-electron chi connectivity index (χ2n) is 5.27. The third-order valence-electron chi connectivity index (χ3n) is 3.94. The predicted molar refractivity (Wildman–Crippen MR) is 76.4 cm³/mol. The van der Waals surface area contributed by atoms with E-state index in [-0.39, 0.29) is 0 Å². The Hall–Kier alpha value is -1.32. The maximum Gasteiger partial charge on any atom is 0.0990 e. The van der Waals surface area contributed by atoms with Crippen LogP contribution in [0.3, 0.4) is 0 Å². The molecule has 2 heterocycles. The lowest BCUT2D eigenvalue weighted by molar-refractivity contribution is 0.303. The van der Waals surface area contributed by atoms with Crippen LogP contribution in [0.25, 0.3) is 6.08 Å². The monoisotopic (exact) mass is 243 g/mol. The van der Waals surface area contributed by atoms with Crippen molar-refractivity contribution in [2.45, 2.75) is 32.0 Å². The summed E-state index contributed by atoms with van der Waals surface area (Å²) in [6.45, 7) is 4.27. The van der Waals surface area contributed by atoms with Crippen LogP contribution >= 0.6 is 0 Å². The fraction of sp³-hybridized carbons (Fsp3) is 0.467. The molecule has 1 fully saturated rings. The Balaban J connectivity index is 1.78. The normalized spacial score (nSPS) is 27.0. The minimum atomic E-state index is 0.304. The van der Waals surface area contributed by atoms with Gasteiger partial charge in [-0.1, -0.05) is 19.1 Å². The molecule has 0 bridgehead atoms. The first kappa shape index (κ1) is 11.8. The second-order valence-corrected chi connectivity index (χ2v) is 5.27. The van der Waals surface area contributed by atoms with Crippen LogP contribution in [0.4, 0.5) is 5.69 Å². The smallest absolute Gasteiger partial charge is 0.0990 e. The van der Waals surface area contributed by atoms with Crippen LogP contribution in [-0.2, 0) is 6.42 Å². The summed E-state index contributed by atoms with van der Waals surface area (Å²) < 4.78 is 0. The summed E-state index contributed by atoms with van der Waals surface area (Å²) in [5.41, 5.74) is 9.90. The highest BCUT2D eigenvalue weighted by molar-refractivity contribution is 5.71. The first-order valence-electron chi connectivity index (χ1n) is 6.83. The molecule has 3 rings (SSSR count). The summed E-state index contributed by atoms with van der Waals surface area (Å²) in [7, 11) is 0. The highest BCUT2D eigenvalue weighted by atomic mass is 15.3. The lowest BCUT2D eigenvalue weighted by atomic mass is 10.0. The molecular weight excluding hydrogens is 222 g/mol. The standard InChI is InChI=1S/C15H21N3/c1-2-11-3-5-14-12(9-11)4-6-15(17-14)18-8-7-13(16)10-18/h3-6,9,13,15,17H,2,7-8,10,16H2,1H3/t13-,15?/m1/s1. The zero-order chi connectivity index (χ0) is 12.5. The number of fused-ring (bicyclic) bond motifs is 1. The van der Waals surface area contributed by atoms with Gasteiger partial charge in [0.15, 0.2) is 0 Å². The number of aryl methyl sites for hydroxylation is 1. The molecule has 2 aliphatic rings. The van der Waals surface area contributed by atoms with E-state index in [0.717, 1.165) is 25.9 Å². The van der Waals surface area contributed by atoms with Crippen LogP contribution in [0.2, 0.25) is 0 Å². The van der Waals surface area contributed by atoms with Crippen molar-refractivity contribution >= 4 is 11.8 Å². The Labute approximate surface area is 109 Å². The molecule has 3 nitrogen and oxygen atoms in total. The van der Waals surface area contributed by atoms with Gasteiger partial charge < -0.3 is 11.1 Å². The van der Waals surface area contributed by atoms with E-state index >= 15 is 0 Å². The number of hydrogen-bond donors (Lipinski definition) is 2. The molecule has 1 saturated heterocycles. The number of anilines is 1. The topological polar surface area (TPSA) is 41.3 Å². The van der Waals surface area contributed by atoms with Crippen molar-refractivity contribution in [3.63, 3.8) is 0 Å². The molecule has 0 saturated carbocycles. The van der Waals surface area contributed by atoms with Crippen molar-refractivity contribution in [3.05, 3.63) is 35.4 Å². The Morgan fingerprint density at radius 1 is 1.44 bits per heavy atom. The van der Waals surface area contributed by atoms with Gasteiger partial charge >= 0.3 is 0 Å². The van der Waals surface area contributed by atoms with Crippen LogP contribution in [0, 0.1) is 0 Å². The minimum absolute atomic E-state index is 0.304. The highest BCUT2D eigenvalue weighted by Gasteiger charge is 2.26. The summed E-state index contributed by atoms with van der Waals surface area (Å²) in [5, 5.41) is 3.59. The maximum absolute atomic E-state index is 5.97. The number of benzene rings is 1. The summed E-state index contributed by atoms with van der Waals surface area (Å²) in [6, 6.07) is 7.01. The molecular formula is C15H21N3. The number of likely N-dealkylation sites (tertiary alicyclic amines) is 1. The number of rotatable bonds is 2. The summed E-state index contributed by atoms with van der Waals surface area (Å²) >= 11 is 0. The van der Waals surface area contributed by atoms with Gasteiger partial charge in [-0.3, -0.25) is 4.90 Å². The van der Waals surface area contributed by atoms with Crippen LogP contribution in [0.15, 0.2) is 24.3 Å². The molecule has 2 atom stereocenters. The lowest BCUT2D eigenvalue weighted by Crippen LogP contribution is -2.40. The molecule has 18 heavy (non-hydrogen) atoms. The van der Waals surface area contributed by atoms with Gasteiger partial charge in [0.1, 0.15) is 0 Å². The third-order valence-corrected chi connectivity index (χ3v) is 3.94. The van der Waals surface area contributed by atoms with E-state index in [1.807, 2.05) is 0 Å². The number of hydrogen-bond acceptors (Lipinski definition) is 3. The molecule has 96 valence electrons. The Bertz CT molecular complexity index is 467. The third kappa shape index (κ3) is 2.16. The molecule has 0 aliphatic carbocycles. The Kier molecular flexibility index (Phi) is 3.10. The molecule has 0 aromatic heterocycles. The van der Waals surface area contributed by atoms with Crippen molar-refractivity contribution in [2.75, 3.05) is 18.4 Å². The first-order valence-corrected chi connectivity index (χ1v) is 6.83. The Morgan fingerprint density at radius 3 is 3.06 bits per heavy atom. The molecule has 0 spiro atoms. The molecule has 1 aromatic rings. The van der Waals surface area contributed by atoms with Gasteiger partial charge in [0.2, 0.25) is 0 Å². The highest BCUT2D eigenvalue weighted by Crippen LogP contribution is 2.26. The second kappa shape index (κ2) is 4.75. The average molecular weight is 243 g/mol. The van der Waals surface area contributed by atoms with E-state index in [1.165, 1.54) is 16.8 Å². The van der Waals surface area contributed by atoms with Gasteiger partial charge in [-0.05, 0) is 42.2 Å². The molecule has 3 heteroatoms. The average Bonchev–Trinajstić information content (AvgIpc) is 2.84. The van der Waals surface area contributed by atoms with Gasteiger partial charge in [-0.15, -0.1) is 0 Å². The summed E-state index contributed by atoms with van der Waals surface area (Å²) in [5.74, 6) is 0. The van der Waals surface area contributed by atoms with E-state index in [0.29, 0.717) is 12.2 Å². The summed E-state index contributed by atoms with van der Waals surface area (Å²) in [6.07, 6.45) is 6.98. The fourth-order valence-electron chi connectivity index (χ4n) is 2.78. The number of nitrogens with zero attached hydrogens (tertiary/aromatic N) is 1. The van der Waals surface area contributed by atoms with Gasteiger partial charge in [-0.25, -0.2) is 0 Å². The fourth-order valence-corrected chi connectivity index (χ4v) is 2.78. The van der Waals surface area contributed by atoms with Crippen molar-refractivity contribution < 1.29 is 0 Å². The van der Waals surface area contributed by atoms with E-state index in [9.17, 15) is 0 Å². The molecule has 0 radical (unpaired) electrons. The zero-order valence-corrected chi connectivity index (χ0v) is 10.9. The van der Waals surface area contributed by atoms with Crippen LogP contribution in [0.5, 0.6) is 0 Å². The number of nitrogens with one attached hydrogen (secondary N) is 1. The van der Waals surface area contributed by atoms with E-state index in [1.54, 1.807) is 0 Å². The molecule has 1 unspecified atom stereocenters. The van der Waals surface area contributed by atoms with Crippen LogP contribution < -0.4 is 11.1 Å². The molecule has 3 N–H and O–H groups in total. The Morgan fingerprint density at radius 2 is 2.33 bits per heavy atom. The zero-order valence-electron chi connectivity index (χ0n) is 10.9. The summed E-state index contributed by atoms with van der Waals surface area (Å²) in [4.78, 5) is 2.41. The first-order chi connectivity index (χ1) is 8.76. The minimum Gasteiger partial charge on any atom is -0.366 e. The maximum atomic E-state index is 5.97. The number of nitrogens with two attached hydrogens (primary N) is 1. The van der Waals surface area contributed by atoms with Crippen molar-refractivity contribution in [1.82, 2.24) is 4.90 Å². The lowest BCUT2D eigenvalue weighted by Gasteiger charge is -2.30. The SMILES string of the molecule is CCc1ccc2c(c1)C=CC(N1CC[C@@H](N)C1)N2. The van der Waals surface area contributed by atoms with E-state index in [4.69, 9.17) is 5.73 Å². The van der Waals surface area contributed by atoms with Crippen molar-refractivity contribution in [1.29, 1.82) is 0 Å². The van der Waals surface area contributed by atoms with Crippen molar-refractivity contribution in [3.8, 4) is 0 Å². The van der Waals surface area contributed by atoms with Crippen LogP contribution in [-0.4, -0.2) is 30.2 Å². The van der Waals surface area contributed by atoms with Gasteiger partial charge in [-0.2, -0.15) is 0 Å². The predicted octanol–water partition coefficient (Wildman–Crippen LogP) is 2.05. The van der Waals surface area contributed by atoms with Gasteiger partial charge in [0.25, 0.3) is 0 Å². The van der Waals surface area contributed by atoms with E-state index in [2.05, 4.69) is 47.5 Å². The van der Waals surface area contributed by atoms with Crippen LogP contribution in [0.1, 0.15) is 24.5 Å².